The smallest absolute Gasteiger partial charge is 0.272 e. The Morgan fingerprint density at radius 1 is 1.39 bits per heavy atom. The normalized spacial score (nSPS) is 16.9. The third kappa shape index (κ3) is 3.54. The molecule has 0 aliphatic carbocycles. The molecule has 3 aromatic heterocycles. The molecule has 1 saturated heterocycles. The molecule has 0 spiro atoms. The van der Waals surface area contributed by atoms with E-state index in [1.165, 1.54) is 0 Å². The molecule has 1 aliphatic rings. The number of aryl methyl sites for hydroxylation is 1. The van der Waals surface area contributed by atoms with Crippen molar-refractivity contribution in [2.45, 2.75) is 39.2 Å². The Morgan fingerprint density at radius 3 is 3.00 bits per heavy atom. The Labute approximate surface area is 163 Å². The van der Waals surface area contributed by atoms with Crippen molar-refractivity contribution in [3.8, 4) is 11.4 Å². The highest BCUT2D eigenvalue weighted by molar-refractivity contribution is 5.93. The molecule has 1 atom stereocenters. The summed E-state index contributed by atoms with van der Waals surface area (Å²) in [5.74, 6) is 1.40. The maximum atomic E-state index is 13.2. The lowest BCUT2D eigenvalue weighted by Gasteiger charge is -2.21. The summed E-state index contributed by atoms with van der Waals surface area (Å²) in [5.41, 5.74) is 2.32. The summed E-state index contributed by atoms with van der Waals surface area (Å²) < 4.78 is 7.17. The van der Waals surface area contributed by atoms with E-state index in [-0.39, 0.29) is 11.9 Å². The van der Waals surface area contributed by atoms with Gasteiger partial charge in [0.2, 0.25) is 11.7 Å². The highest BCUT2D eigenvalue weighted by Crippen LogP contribution is 2.33. The molecule has 4 rings (SSSR count). The van der Waals surface area contributed by atoms with Crippen LogP contribution in [0.2, 0.25) is 0 Å². The third-order valence-corrected chi connectivity index (χ3v) is 4.93. The quantitative estimate of drug-likeness (QED) is 0.676. The van der Waals surface area contributed by atoms with Crippen LogP contribution < -0.4 is 0 Å². The van der Waals surface area contributed by atoms with Gasteiger partial charge in [-0.3, -0.25) is 14.5 Å². The van der Waals surface area contributed by atoms with Crippen LogP contribution in [-0.4, -0.2) is 42.3 Å². The molecule has 8 nitrogen and oxygen atoms in total. The largest absolute Gasteiger partial charge is 0.337 e. The van der Waals surface area contributed by atoms with Crippen LogP contribution in [0.15, 0.2) is 35.1 Å². The Kier molecular flexibility index (Phi) is 4.93. The van der Waals surface area contributed by atoms with E-state index >= 15 is 0 Å². The molecule has 4 heterocycles. The van der Waals surface area contributed by atoms with E-state index in [0.29, 0.717) is 29.9 Å². The molecule has 3 aromatic rings. The lowest BCUT2D eigenvalue weighted by atomic mass is 10.1. The minimum absolute atomic E-state index is 0.0476. The first-order valence-electron chi connectivity index (χ1n) is 9.61. The average molecular weight is 380 g/mol. The molecule has 1 fully saturated rings. The van der Waals surface area contributed by atoms with Gasteiger partial charge in [0.05, 0.1) is 5.69 Å². The van der Waals surface area contributed by atoms with Gasteiger partial charge in [0.15, 0.2) is 0 Å². The van der Waals surface area contributed by atoms with Gasteiger partial charge in [-0.25, -0.2) is 0 Å². The van der Waals surface area contributed by atoms with Crippen LogP contribution >= 0.6 is 0 Å². The van der Waals surface area contributed by atoms with Crippen LogP contribution in [-0.2, 0) is 13.5 Å². The van der Waals surface area contributed by atoms with E-state index in [1.807, 2.05) is 30.1 Å². The lowest BCUT2D eigenvalue weighted by Crippen LogP contribution is -2.32. The second kappa shape index (κ2) is 7.53. The maximum absolute atomic E-state index is 13.2. The molecule has 146 valence electrons. The van der Waals surface area contributed by atoms with Crippen molar-refractivity contribution in [3.63, 3.8) is 0 Å². The van der Waals surface area contributed by atoms with Crippen molar-refractivity contribution < 1.29 is 9.32 Å². The number of hydrogen-bond acceptors (Lipinski definition) is 6. The van der Waals surface area contributed by atoms with Crippen molar-refractivity contribution in [1.29, 1.82) is 0 Å². The number of carbonyl (C=O) groups excluding carboxylic acids is 1. The monoisotopic (exact) mass is 380 g/mol. The summed E-state index contributed by atoms with van der Waals surface area (Å²) >= 11 is 0. The van der Waals surface area contributed by atoms with Crippen LogP contribution in [0.25, 0.3) is 11.4 Å². The van der Waals surface area contributed by atoms with Crippen LogP contribution in [0, 0.1) is 5.92 Å². The van der Waals surface area contributed by atoms with Gasteiger partial charge in [-0.2, -0.15) is 10.1 Å². The molecule has 1 aliphatic heterocycles. The fourth-order valence-electron chi connectivity index (χ4n) is 3.64. The molecule has 0 saturated carbocycles. The average Bonchev–Trinajstić information content (AvgIpc) is 3.40. The topological polar surface area (TPSA) is 89.9 Å². The Bertz CT molecular complexity index is 962. The minimum Gasteiger partial charge on any atom is -0.337 e. The van der Waals surface area contributed by atoms with Crippen molar-refractivity contribution in [2.75, 3.05) is 6.54 Å². The number of carbonyl (C=O) groups is 1. The molecule has 0 radical (unpaired) electrons. The molecule has 28 heavy (non-hydrogen) atoms. The van der Waals surface area contributed by atoms with Gasteiger partial charge in [0, 0.05) is 31.5 Å². The summed E-state index contributed by atoms with van der Waals surface area (Å²) in [6.45, 7) is 4.95. The molecule has 0 N–H and O–H groups in total. The van der Waals surface area contributed by atoms with Crippen LogP contribution in [0.5, 0.6) is 0 Å². The molecular weight excluding hydrogens is 356 g/mol. The van der Waals surface area contributed by atoms with Crippen molar-refractivity contribution >= 4 is 5.91 Å². The second-order valence-corrected chi connectivity index (χ2v) is 7.60. The summed E-state index contributed by atoms with van der Waals surface area (Å²) in [6, 6.07) is 5.39. The van der Waals surface area contributed by atoms with Crippen molar-refractivity contribution in [2.24, 2.45) is 13.0 Å². The first kappa shape index (κ1) is 18.3. The fourth-order valence-corrected chi connectivity index (χ4v) is 3.64. The Balaban J connectivity index is 1.56. The van der Waals surface area contributed by atoms with E-state index in [1.54, 1.807) is 17.1 Å². The van der Waals surface area contributed by atoms with E-state index in [9.17, 15) is 4.79 Å². The summed E-state index contributed by atoms with van der Waals surface area (Å²) in [6.07, 6.45) is 5.94. The number of amides is 1. The third-order valence-electron chi connectivity index (χ3n) is 4.93. The Morgan fingerprint density at radius 2 is 2.25 bits per heavy atom. The van der Waals surface area contributed by atoms with E-state index < -0.39 is 0 Å². The number of nitrogens with zero attached hydrogens (tertiary/aromatic N) is 6. The molecule has 1 amide bonds. The zero-order chi connectivity index (χ0) is 19.7. The predicted octanol–water partition coefficient (Wildman–Crippen LogP) is 3.04. The van der Waals surface area contributed by atoms with Gasteiger partial charge < -0.3 is 9.42 Å². The number of pyridine rings is 1. The SMILES string of the molecule is CC(C)Cc1cc(C(=O)N2CCC[C@H]2c2nc(-c3cccnc3)no2)n(C)n1. The number of rotatable bonds is 5. The fraction of sp³-hybridized carbons (Fsp3) is 0.450. The number of aromatic nitrogens is 5. The standard InChI is InChI=1S/C20H24N6O2/c1-13(2)10-15-11-17(25(3)23-15)20(27)26-9-5-7-16(26)19-22-18(24-28-19)14-6-4-8-21-12-14/h4,6,8,11-13,16H,5,7,9-10H2,1-3H3/t16-/m0/s1. The van der Waals surface area contributed by atoms with Crippen molar-refractivity contribution in [1.82, 2.24) is 29.8 Å². The van der Waals surface area contributed by atoms with E-state index in [0.717, 1.165) is 30.5 Å². The first-order chi connectivity index (χ1) is 13.5. The van der Waals surface area contributed by atoms with Gasteiger partial charge in [-0.05, 0) is 43.4 Å². The highest BCUT2D eigenvalue weighted by Gasteiger charge is 2.35. The molecule has 8 heteroatoms. The van der Waals surface area contributed by atoms with Gasteiger partial charge in [0.25, 0.3) is 5.91 Å². The van der Waals surface area contributed by atoms with Gasteiger partial charge in [-0.15, -0.1) is 0 Å². The maximum Gasteiger partial charge on any atom is 0.272 e. The van der Waals surface area contributed by atoms with Gasteiger partial charge in [0.1, 0.15) is 11.7 Å². The predicted molar refractivity (Wildman–Crippen MR) is 102 cm³/mol. The lowest BCUT2D eigenvalue weighted by molar-refractivity contribution is 0.0699. The van der Waals surface area contributed by atoms with Crippen LogP contribution in [0.4, 0.5) is 0 Å². The van der Waals surface area contributed by atoms with Crippen LogP contribution in [0.1, 0.15) is 54.8 Å². The molecular formula is C20H24N6O2. The molecule has 0 unspecified atom stereocenters. The summed E-state index contributed by atoms with van der Waals surface area (Å²) in [5, 5.41) is 8.57. The number of likely N-dealkylation sites (tertiary alicyclic amines) is 1. The molecule has 0 aromatic carbocycles. The highest BCUT2D eigenvalue weighted by atomic mass is 16.5. The number of hydrogen-bond donors (Lipinski definition) is 0. The zero-order valence-corrected chi connectivity index (χ0v) is 16.4. The van der Waals surface area contributed by atoms with E-state index in [2.05, 4.69) is 34.1 Å². The van der Waals surface area contributed by atoms with Crippen molar-refractivity contribution in [3.05, 3.63) is 47.9 Å². The van der Waals surface area contributed by atoms with Crippen LogP contribution in [0.3, 0.4) is 0 Å². The summed E-state index contributed by atoms with van der Waals surface area (Å²) in [4.78, 5) is 23.6. The zero-order valence-electron chi connectivity index (χ0n) is 16.4. The van der Waals surface area contributed by atoms with Gasteiger partial charge in [-0.1, -0.05) is 19.0 Å². The van der Waals surface area contributed by atoms with Gasteiger partial charge >= 0.3 is 0 Å². The van der Waals surface area contributed by atoms with E-state index in [4.69, 9.17) is 4.52 Å². The first-order valence-corrected chi connectivity index (χ1v) is 9.61. The second-order valence-electron chi connectivity index (χ2n) is 7.60. The molecule has 0 bridgehead atoms. The Hall–Kier alpha value is -3.03. The minimum atomic E-state index is -0.214. The summed E-state index contributed by atoms with van der Waals surface area (Å²) in [7, 11) is 1.81.